The summed E-state index contributed by atoms with van der Waals surface area (Å²) in [5.41, 5.74) is 5.49. The molecule has 0 amide bonds. The highest BCUT2D eigenvalue weighted by Gasteiger charge is 2.14. The molecule has 0 aliphatic carbocycles. The van der Waals surface area contributed by atoms with E-state index in [1.54, 1.807) is 0 Å². The lowest BCUT2D eigenvalue weighted by molar-refractivity contribution is 0.283. The highest BCUT2D eigenvalue weighted by atomic mass is 16.5. The maximum atomic E-state index is 5.56. The highest BCUT2D eigenvalue weighted by Crippen LogP contribution is 2.18. The number of rotatable bonds is 7. The number of ether oxygens (including phenoxy) is 1. The van der Waals surface area contributed by atoms with Crippen LogP contribution in [0.2, 0.25) is 0 Å². The van der Waals surface area contributed by atoms with Crippen molar-refractivity contribution in [3.8, 4) is 5.75 Å². The highest BCUT2D eigenvalue weighted by molar-refractivity contribution is 5.20. The zero-order valence-electron chi connectivity index (χ0n) is 11.1. The van der Waals surface area contributed by atoms with Gasteiger partial charge in [0, 0.05) is 5.92 Å². The van der Waals surface area contributed by atoms with E-state index in [2.05, 4.69) is 17.1 Å². The van der Waals surface area contributed by atoms with E-state index in [1.807, 2.05) is 30.3 Å². The predicted octanol–water partition coefficient (Wildman–Crippen LogP) is 2.49. The normalized spacial score (nSPS) is 12.3. The number of nitrogens with two attached hydrogens (primary N) is 1. The summed E-state index contributed by atoms with van der Waals surface area (Å²) in [4.78, 5) is 4.33. The van der Waals surface area contributed by atoms with E-state index < -0.39 is 0 Å². The van der Waals surface area contributed by atoms with Crippen LogP contribution in [0.1, 0.15) is 37.4 Å². The molecule has 1 atom stereocenters. The van der Waals surface area contributed by atoms with Gasteiger partial charge in [-0.3, -0.25) is 0 Å². The van der Waals surface area contributed by atoms with Crippen molar-refractivity contribution < 1.29 is 9.26 Å². The van der Waals surface area contributed by atoms with E-state index in [1.165, 1.54) is 0 Å². The van der Waals surface area contributed by atoms with Gasteiger partial charge in [-0.1, -0.05) is 30.3 Å². The van der Waals surface area contributed by atoms with Crippen molar-refractivity contribution in [3.63, 3.8) is 0 Å². The summed E-state index contributed by atoms with van der Waals surface area (Å²) in [6.45, 7) is 3.06. The molecule has 1 aromatic carbocycles. The zero-order chi connectivity index (χ0) is 13.5. The third-order valence-corrected chi connectivity index (χ3v) is 2.86. The van der Waals surface area contributed by atoms with E-state index in [0.29, 0.717) is 24.9 Å². The lowest BCUT2D eigenvalue weighted by atomic mass is 10.1. The van der Waals surface area contributed by atoms with Crippen LogP contribution in [-0.4, -0.2) is 16.7 Å². The summed E-state index contributed by atoms with van der Waals surface area (Å²) in [6, 6.07) is 9.58. The Hall–Kier alpha value is -1.88. The minimum absolute atomic E-state index is 0.238. The molecule has 5 heteroatoms. The summed E-state index contributed by atoms with van der Waals surface area (Å²) in [5, 5.41) is 3.92. The molecule has 1 aromatic heterocycles. The lowest BCUT2D eigenvalue weighted by Crippen LogP contribution is -2.02. The van der Waals surface area contributed by atoms with Crippen LogP contribution in [-0.2, 0) is 6.61 Å². The van der Waals surface area contributed by atoms with E-state index in [-0.39, 0.29) is 5.92 Å². The standard InChI is InChI=1S/C14H19N3O2/c1-11(6-5-9-15)14-16-13(17-19-14)10-18-12-7-3-2-4-8-12/h2-4,7-8,11H,5-6,9-10,15H2,1H3. The Morgan fingerprint density at radius 2 is 2.11 bits per heavy atom. The number of benzene rings is 1. The van der Waals surface area contributed by atoms with Crippen molar-refractivity contribution >= 4 is 0 Å². The topological polar surface area (TPSA) is 74.2 Å². The van der Waals surface area contributed by atoms with Gasteiger partial charge in [0.15, 0.2) is 6.61 Å². The Balaban J connectivity index is 1.87. The molecule has 0 fully saturated rings. The number of hydrogen-bond donors (Lipinski definition) is 1. The van der Waals surface area contributed by atoms with Crippen LogP contribution >= 0.6 is 0 Å². The molecule has 0 aliphatic rings. The molecule has 0 bridgehead atoms. The number of para-hydroxylation sites is 1. The molecule has 0 aliphatic heterocycles. The molecule has 2 N–H and O–H groups in total. The first kappa shape index (κ1) is 13.5. The fourth-order valence-electron chi connectivity index (χ4n) is 1.74. The molecule has 5 nitrogen and oxygen atoms in total. The van der Waals surface area contributed by atoms with E-state index in [9.17, 15) is 0 Å². The fraction of sp³-hybridized carbons (Fsp3) is 0.429. The van der Waals surface area contributed by atoms with Crippen LogP contribution < -0.4 is 10.5 Å². The van der Waals surface area contributed by atoms with Gasteiger partial charge in [0.2, 0.25) is 11.7 Å². The molecule has 1 heterocycles. The van der Waals surface area contributed by atoms with Crippen molar-refractivity contribution in [2.45, 2.75) is 32.3 Å². The second-order valence-electron chi connectivity index (χ2n) is 4.48. The van der Waals surface area contributed by atoms with E-state index in [0.717, 1.165) is 18.6 Å². The monoisotopic (exact) mass is 261 g/mol. The third kappa shape index (κ3) is 4.06. The number of hydrogen-bond acceptors (Lipinski definition) is 5. The average Bonchev–Trinajstić information content (AvgIpc) is 2.92. The van der Waals surface area contributed by atoms with Gasteiger partial charge in [-0.05, 0) is 31.5 Å². The van der Waals surface area contributed by atoms with Crippen LogP contribution in [0.5, 0.6) is 5.75 Å². The van der Waals surface area contributed by atoms with E-state index in [4.69, 9.17) is 15.0 Å². The largest absolute Gasteiger partial charge is 0.485 e. The minimum Gasteiger partial charge on any atom is -0.485 e. The van der Waals surface area contributed by atoms with Crippen LogP contribution in [0.25, 0.3) is 0 Å². The van der Waals surface area contributed by atoms with Crippen LogP contribution in [0.3, 0.4) is 0 Å². The second kappa shape index (κ2) is 6.89. The second-order valence-corrected chi connectivity index (χ2v) is 4.48. The summed E-state index contributed by atoms with van der Waals surface area (Å²) in [6.07, 6.45) is 1.91. The molecular weight excluding hydrogens is 242 g/mol. The molecule has 0 saturated carbocycles. The SMILES string of the molecule is CC(CCCN)c1nc(COc2ccccc2)no1. The Labute approximate surface area is 112 Å². The van der Waals surface area contributed by atoms with Crippen LogP contribution in [0.15, 0.2) is 34.9 Å². The molecule has 0 spiro atoms. The maximum Gasteiger partial charge on any atom is 0.229 e. The van der Waals surface area contributed by atoms with Gasteiger partial charge < -0.3 is 15.0 Å². The Morgan fingerprint density at radius 1 is 1.32 bits per heavy atom. The summed E-state index contributed by atoms with van der Waals surface area (Å²) < 4.78 is 10.8. The first-order valence-electron chi connectivity index (χ1n) is 6.50. The predicted molar refractivity (Wildman–Crippen MR) is 71.8 cm³/mol. The Bertz CT molecular complexity index is 484. The van der Waals surface area contributed by atoms with Crippen molar-refractivity contribution in [2.24, 2.45) is 5.73 Å². The third-order valence-electron chi connectivity index (χ3n) is 2.86. The molecule has 102 valence electrons. The minimum atomic E-state index is 0.238. The molecule has 0 radical (unpaired) electrons. The van der Waals surface area contributed by atoms with Crippen LogP contribution in [0.4, 0.5) is 0 Å². The molecule has 2 aromatic rings. The summed E-state index contributed by atoms with van der Waals surface area (Å²) in [5.74, 6) is 2.25. The molecule has 19 heavy (non-hydrogen) atoms. The Morgan fingerprint density at radius 3 is 2.84 bits per heavy atom. The van der Waals surface area contributed by atoms with E-state index >= 15 is 0 Å². The number of nitrogens with zero attached hydrogens (tertiary/aromatic N) is 2. The van der Waals surface area contributed by atoms with Gasteiger partial charge in [-0.25, -0.2) is 0 Å². The van der Waals surface area contributed by atoms with Gasteiger partial charge in [-0.15, -0.1) is 0 Å². The lowest BCUT2D eigenvalue weighted by Gasteiger charge is -2.03. The van der Waals surface area contributed by atoms with Crippen molar-refractivity contribution in [2.75, 3.05) is 6.54 Å². The maximum absolute atomic E-state index is 5.56. The van der Waals surface area contributed by atoms with Crippen molar-refractivity contribution in [1.82, 2.24) is 10.1 Å². The first-order valence-corrected chi connectivity index (χ1v) is 6.50. The van der Waals surface area contributed by atoms with Gasteiger partial charge in [0.05, 0.1) is 0 Å². The average molecular weight is 261 g/mol. The van der Waals surface area contributed by atoms with Gasteiger partial charge in [-0.2, -0.15) is 4.98 Å². The quantitative estimate of drug-likeness (QED) is 0.828. The van der Waals surface area contributed by atoms with Gasteiger partial charge in [0.1, 0.15) is 5.75 Å². The Kier molecular flexibility index (Phi) is 4.92. The van der Waals surface area contributed by atoms with Crippen molar-refractivity contribution in [1.29, 1.82) is 0 Å². The molecule has 0 saturated heterocycles. The van der Waals surface area contributed by atoms with Gasteiger partial charge >= 0.3 is 0 Å². The molecule has 1 unspecified atom stereocenters. The molecular formula is C14H19N3O2. The zero-order valence-corrected chi connectivity index (χ0v) is 11.1. The first-order chi connectivity index (χ1) is 9.29. The fourth-order valence-corrected chi connectivity index (χ4v) is 1.74. The molecule has 2 rings (SSSR count). The summed E-state index contributed by atoms with van der Waals surface area (Å²) in [7, 11) is 0. The summed E-state index contributed by atoms with van der Waals surface area (Å²) >= 11 is 0. The van der Waals surface area contributed by atoms with Crippen LogP contribution in [0, 0.1) is 0 Å². The smallest absolute Gasteiger partial charge is 0.229 e. The van der Waals surface area contributed by atoms with Crippen molar-refractivity contribution in [3.05, 3.63) is 42.0 Å². The number of aromatic nitrogens is 2. The van der Waals surface area contributed by atoms with Gasteiger partial charge in [0.25, 0.3) is 0 Å².